The number of carbonyl (C=O) groups is 1. The number of carbonyl (C=O) groups excluding carboxylic acids is 1. The van der Waals surface area contributed by atoms with Gasteiger partial charge in [0.1, 0.15) is 0 Å². The topological polar surface area (TPSA) is 57.7 Å². The van der Waals surface area contributed by atoms with E-state index in [2.05, 4.69) is 0 Å². The third-order valence-corrected chi connectivity index (χ3v) is 5.27. The van der Waals surface area contributed by atoms with Crippen molar-refractivity contribution < 1.29 is 13.2 Å². The SMILES string of the molecule is CCCCS(=O)(=O)N1CCN(C(=O)C(C)(C)C)CC1. The Labute approximate surface area is 117 Å². The molecule has 6 heteroatoms. The van der Waals surface area contributed by atoms with Crippen LogP contribution in [-0.2, 0) is 14.8 Å². The Morgan fingerprint density at radius 3 is 2.05 bits per heavy atom. The van der Waals surface area contributed by atoms with Gasteiger partial charge in [0.05, 0.1) is 5.75 Å². The van der Waals surface area contributed by atoms with Crippen molar-refractivity contribution in [3.05, 3.63) is 0 Å². The van der Waals surface area contributed by atoms with Gasteiger partial charge in [-0.15, -0.1) is 0 Å². The lowest BCUT2D eigenvalue weighted by Gasteiger charge is -2.37. The summed E-state index contributed by atoms with van der Waals surface area (Å²) in [5, 5.41) is 0. The summed E-state index contributed by atoms with van der Waals surface area (Å²) in [5.74, 6) is 0.314. The first kappa shape index (κ1) is 16.4. The summed E-state index contributed by atoms with van der Waals surface area (Å²) in [7, 11) is -3.13. The maximum atomic E-state index is 12.1. The van der Waals surface area contributed by atoms with Crippen LogP contribution in [0.3, 0.4) is 0 Å². The van der Waals surface area contributed by atoms with Crippen LogP contribution in [0, 0.1) is 5.41 Å². The fourth-order valence-corrected chi connectivity index (χ4v) is 3.73. The van der Waals surface area contributed by atoms with Crippen LogP contribution in [0.25, 0.3) is 0 Å². The van der Waals surface area contributed by atoms with Crippen molar-refractivity contribution in [1.82, 2.24) is 9.21 Å². The largest absolute Gasteiger partial charge is 0.340 e. The molecule has 0 spiro atoms. The molecule has 1 heterocycles. The summed E-state index contributed by atoms with van der Waals surface area (Å²) < 4.78 is 25.6. The molecule has 0 unspecified atom stereocenters. The minimum absolute atomic E-state index is 0.0955. The fraction of sp³-hybridized carbons (Fsp3) is 0.923. The van der Waals surface area contributed by atoms with Crippen LogP contribution in [-0.4, -0.2) is 55.5 Å². The highest BCUT2D eigenvalue weighted by atomic mass is 32.2. The zero-order valence-electron chi connectivity index (χ0n) is 12.5. The Morgan fingerprint density at radius 1 is 1.11 bits per heavy atom. The van der Waals surface area contributed by atoms with E-state index < -0.39 is 15.4 Å². The minimum Gasteiger partial charge on any atom is -0.340 e. The number of hydrogen-bond acceptors (Lipinski definition) is 3. The molecule has 0 radical (unpaired) electrons. The lowest BCUT2D eigenvalue weighted by Crippen LogP contribution is -2.53. The third-order valence-electron chi connectivity index (χ3n) is 3.32. The van der Waals surface area contributed by atoms with Gasteiger partial charge in [-0.3, -0.25) is 4.79 Å². The summed E-state index contributed by atoms with van der Waals surface area (Å²) in [6.07, 6.45) is 1.57. The van der Waals surface area contributed by atoms with E-state index >= 15 is 0 Å². The Hall–Kier alpha value is -0.620. The Balaban J connectivity index is 2.56. The molecular formula is C13H26N2O3S. The van der Waals surface area contributed by atoms with Gasteiger partial charge in [0.25, 0.3) is 0 Å². The third kappa shape index (κ3) is 4.45. The maximum absolute atomic E-state index is 12.1. The van der Waals surface area contributed by atoms with E-state index in [4.69, 9.17) is 0 Å². The fourth-order valence-electron chi connectivity index (χ4n) is 2.10. The van der Waals surface area contributed by atoms with Gasteiger partial charge in [0.2, 0.25) is 15.9 Å². The van der Waals surface area contributed by atoms with Gasteiger partial charge in [-0.05, 0) is 6.42 Å². The number of rotatable bonds is 4. The molecule has 0 aromatic heterocycles. The van der Waals surface area contributed by atoms with Crippen molar-refractivity contribution >= 4 is 15.9 Å². The van der Waals surface area contributed by atoms with Gasteiger partial charge in [-0.2, -0.15) is 4.31 Å². The van der Waals surface area contributed by atoms with Gasteiger partial charge in [-0.25, -0.2) is 8.42 Å². The molecule has 1 rings (SSSR count). The molecule has 1 aliphatic rings. The molecule has 0 aromatic carbocycles. The standard InChI is InChI=1S/C13H26N2O3S/c1-5-6-11-19(17,18)15-9-7-14(8-10-15)12(16)13(2,3)4/h5-11H2,1-4H3. The maximum Gasteiger partial charge on any atom is 0.228 e. The average Bonchev–Trinajstić information content (AvgIpc) is 2.34. The predicted molar refractivity (Wildman–Crippen MR) is 76.3 cm³/mol. The second-order valence-electron chi connectivity index (χ2n) is 6.11. The first-order chi connectivity index (χ1) is 8.68. The van der Waals surface area contributed by atoms with Crippen LogP contribution >= 0.6 is 0 Å². The Kier molecular flexibility index (Phi) is 5.38. The second kappa shape index (κ2) is 6.22. The van der Waals surface area contributed by atoms with Gasteiger partial charge < -0.3 is 4.90 Å². The number of amides is 1. The van der Waals surface area contributed by atoms with E-state index in [0.29, 0.717) is 32.6 Å². The molecule has 1 amide bonds. The predicted octanol–water partition coefficient (Wildman–Crippen LogP) is 1.31. The van der Waals surface area contributed by atoms with Crippen molar-refractivity contribution in [3.63, 3.8) is 0 Å². The van der Waals surface area contributed by atoms with Gasteiger partial charge >= 0.3 is 0 Å². The highest BCUT2D eigenvalue weighted by Crippen LogP contribution is 2.19. The molecule has 0 saturated carbocycles. The van der Waals surface area contributed by atoms with Gasteiger partial charge in [-0.1, -0.05) is 34.1 Å². The van der Waals surface area contributed by atoms with Crippen molar-refractivity contribution in [2.45, 2.75) is 40.5 Å². The molecular weight excluding hydrogens is 264 g/mol. The molecule has 0 N–H and O–H groups in total. The van der Waals surface area contributed by atoms with Gasteiger partial charge in [0.15, 0.2) is 0 Å². The van der Waals surface area contributed by atoms with Crippen LogP contribution in [0.4, 0.5) is 0 Å². The lowest BCUT2D eigenvalue weighted by atomic mass is 9.94. The summed E-state index contributed by atoms with van der Waals surface area (Å²) in [6, 6.07) is 0. The zero-order chi connectivity index (χ0) is 14.7. The van der Waals surface area contributed by atoms with Crippen LogP contribution in [0.2, 0.25) is 0 Å². The Morgan fingerprint density at radius 2 is 1.63 bits per heavy atom. The average molecular weight is 290 g/mol. The molecule has 5 nitrogen and oxygen atoms in total. The number of hydrogen-bond donors (Lipinski definition) is 0. The molecule has 0 aromatic rings. The van der Waals surface area contributed by atoms with E-state index in [1.54, 1.807) is 4.90 Å². The smallest absolute Gasteiger partial charge is 0.228 e. The summed E-state index contributed by atoms with van der Waals surface area (Å²) in [4.78, 5) is 13.9. The van der Waals surface area contributed by atoms with Crippen molar-refractivity contribution in [2.24, 2.45) is 5.41 Å². The molecule has 0 aliphatic carbocycles. The molecule has 112 valence electrons. The van der Waals surface area contributed by atoms with Crippen molar-refractivity contribution in [2.75, 3.05) is 31.9 Å². The number of nitrogens with zero attached hydrogens (tertiary/aromatic N) is 2. The highest BCUT2D eigenvalue weighted by molar-refractivity contribution is 7.89. The number of piperazine rings is 1. The number of sulfonamides is 1. The zero-order valence-corrected chi connectivity index (χ0v) is 13.3. The molecule has 1 fully saturated rings. The van der Waals surface area contributed by atoms with E-state index in [-0.39, 0.29) is 11.7 Å². The first-order valence-corrected chi connectivity index (χ1v) is 8.56. The minimum atomic E-state index is -3.13. The monoisotopic (exact) mass is 290 g/mol. The molecule has 0 bridgehead atoms. The number of unbranched alkanes of at least 4 members (excludes halogenated alkanes) is 1. The van der Waals surface area contributed by atoms with Crippen LogP contribution in [0.5, 0.6) is 0 Å². The summed E-state index contributed by atoms with van der Waals surface area (Å²) >= 11 is 0. The van der Waals surface area contributed by atoms with E-state index in [1.165, 1.54) is 4.31 Å². The van der Waals surface area contributed by atoms with Crippen molar-refractivity contribution in [3.8, 4) is 0 Å². The first-order valence-electron chi connectivity index (χ1n) is 6.95. The second-order valence-corrected chi connectivity index (χ2v) is 8.20. The summed E-state index contributed by atoms with van der Waals surface area (Å²) in [6.45, 7) is 9.50. The quantitative estimate of drug-likeness (QED) is 0.784. The molecule has 0 atom stereocenters. The normalized spacial score (nSPS) is 18.6. The van der Waals surface area contributed by atoms with Crippen LogP contribution in [0.15, 0.2) is 0 Å². The van der Waals surface area contributed by atoms with E-state index in [1.807, 2.05) is 27.7 Å². The van der Waals surface area contributed by atoms with Crippen molar-refractivity contribution in [1.29, 1.82) is 0 Å². The van der Waals surface area contributed by atoms with Crippen LogP contribution in [0.1, 0.15) is 40.5 Å². The highest BCUT2D eigenvalue weighted by Gasteiger charge is 2.32. The molecule has 1 saturated heterocycles. The summed E-state index contributed by atoms with van der Waals surface area (Å²) in [5.41, 5.74) is -0.400. The van der Waals surface area contributed by atoms with E-state index in [0.717, 1.165) is 6.42 Å². The Bertz CT molecular complexity index is 404. The van der Waals surface area contributed by atoms with Gasteiger partial charge in [0, 0.05) is 31.6 Å². The molecule has 1 aliphatic heterocycles. The van der Waals surface area contributed by atoms with Crippen LogP contribution < -0.4 is 0 Å². The lowest BCUT2D eigenvalue weighted by molar-refractivity contribution is -0.140. The molecule has 19 heavy (non-hydrogen) atoms. The van der Waals surface area contributed by atoms with E-state index in [9.17, 15) is 13.2 Å².